The number of benzene rings is 2. The van der Waals surface area contributed by atoms with E-state index in [1.54, 1.807) is 13.1 Å². The maximum Gasteiger partial charge on any atom is 0.319 e. The summed E-state index contributed by atoms with van der Waals surface area (Å²) >= 11 is 11.9. The average molecular weight is 534 g/mol. The summed E-state index contributed by atoms with van der Waals surface area (Å²) in [5, 5.41) is 22.1. The Morgan fingerprint density at radius 2 is 1.94 bits per heavy atom. The number of carbonyl (C=O) groups is 1. The Hall–Kier alpha value is -3.80. The molecule has 2 heterocycles. The molecule has 4 aromatic rings. The van der Waals surface area contributed by atoms with Gasteiger partial charge in [-0.15, -0.1) is 0 Å². The predicted octanol–water partition coefficient (Wildman–Crippen LogP) is 5.15. The lowest BCUT2D eigenvalue weighted by Gasteiger charge is -2.17. The van der Waals surface area contributed by atoms with Crippen LogP contribution in [0.4, 0.5) is 30.9 Å². The summed E-state index contributed by atoms with van der Waals surface area (Å²) in [6.07, 6.45) is 4.52. The van der Waals surface area contributed by atoms with Gasteiger partial charge in [0.2, 0.25) is 5.95 Å². The van der Waals surface area contributed by atoms with Crippen molar-refractivity contribution in [1.29, 1.82) is 0 Å². The first-order chi connectivity index (χ1) is 17.2. The quantitative estimate of drug-likeness (QED) is 0.261. The summed E-state index contributed by atoms with van der Waals surface area (Å²) in [7, 11) is 0. The molecular weight excluding hydrogens is 515 g/mol. The number of aryl methyl sites for hydroxylation is 1. The van der Waals surface area contributed by atoms with Gasteiger partial charge in [-0.2, -0.15) is 10.1 Å². The number of amides is 2. The van der Waals surface area contributed by atoms with Gasteiger partial charge in [0.1, 0.15) is 11.6 Å². The second kappa shape index (κ2) is 10.9. The molecule has 0 aliphatic carbocycles. The predicted molar refractivity (Wildman–Crippen MR) is 132 cm³/mol. The standard InChI is InChI=1S/C23H19Cl2F2N7O2/c1-12-8-28-22(31-19-5-3-14(26)7-17(19)25)33-21(12)34-10-15(9-29-34)30-23(36)32-20(11-35)13-2-4-18(27)16(24)6-13/h2-10,20,35H,11H2,1H3,(H,28,31,33)(H2,30,32,36). The molecule has 2 aromatic carbocycles. The number of anilines is 3. The highest BCUT2D eigenvalue weighted by Crippen LogP contribution is 2.26. The van der Waals surface area contributed by atoms with Crippen LogP contribution in [0, 0.1) is 18.6 Å². The van der Waals surface area contributed by atoms with Crippen molar-refractivity contribution in [3.8, 4) is 5.82 Å². The Labute approximate surface area is 214 Å². The number of rotatable bonds is 7. The minimum Gasteiger partial charge on any atom is -0.394 e. The average Bonchev–Trinajstić information content (AvgIpc) is 3.30. The molecule has 0 fully saturated rings. The van der Waals surface area contributed by atoms with Gasteiger partial charge in [0, 0.05) is 11.8 Å². The Morgan fingerprint density at radius 1 is 1.14 bits per heavy atom. The second-order valence-electron chi connectivity index (χ2n) is 7.63. The molecule has 9 nitrogen and oxygen atoms in total. The van der Waals surface area contributed by atoms with Crippen LogP contribution in [0.2, 0.25) is 10.0 Å². The Kier molecular flexibility index (Phi) is 7.63. The van der Waals surface area contributed by atoms with Crippen LogP contribution in [0.3, 0.4) is 0 Å². The van der Waals surface area contributed by atoms with Crippen molar-refractivity contribution in [2.24, 2.45) is 0 Å². The van der Waals surface area contributed by atoms with Crippen LogP contribution >= 0.6 is 23.2 Å². The van der Waals surface area contributed by atoms with Crippen molar-refractivity contribution < 1.29 is 18.7 Å². The number of hydrogen-bond acceptors (Lipinski definition) is 6. The third-order valence-corrected chi connectivity index (χ3v) is 5.62. The summed E-state index contributed by atoms with van der Waals surface area (Å²) in [6.45, 7) is 1.35. The highest BCUT2D eigenvalue weighted by Gasteiger charge is 2.16. The van der Waals surface area contributed by atoms with Crippen LogP contribution in [-0.4, -0.2) is 37.5 Å². The number of halogens is 4. The third kappa shape index (κ3) is 5.88. The monoisotopic (exact) mass is 533 g/mol. The molecule has 4 rings (SSSR count). The number of aliphatic hydroxyl groups is 1. The molecule has 186 valence electrons. The molecule has 0 saturated carbocycles. The normalized spacial score (nSPS) is 11.7. The first kappa shape index (κ1) is 25.3. The van der Waals surface area contributed by atoms with Crippen molar-refractivity contribution >= 4 is 46.6 Å². The number of aromatic nitrogens is 4. The Morgan fingerprint density at radius 3 is 2.67 bits per heavy atom. The SMILES string of the molecule is Cc1cnc(Nc2ccc(F)cc2Cl)nc1-n1cc(NC(=O)NC(CO)c2ccc(F)c(Cl)c2)cn1. The summed E-state index contributed by atoms with van der Waals surface area (Å²) in [5.41, 5.74) is 1.90. The van der Waals surface area contributed by atoms with Crippen molar-refractivity contribution in [2.75, 3.05) is 17.2 Å². The van der Waals surface area contributed by atoms with Crippen LogP contribution in [0.1, 0.15) is 17.2 Å². The first-order valence-corrected chi connectivity index (χ1v) is 11.2. The Balaban J connectivity index is 1.46. The van der Waals surface area contributed by atoms with Crippen molar-refractivity contribution in [2.45, 2.75) is 13.0 Å². The molecule has 36 heavy (non-hydrogen) atoms. The van der Waals surface area contributed by atoms with Crippen LogP contribution in [0.15, 0.2) is 55.0 Å². The molecule has 0 spiro atoms. The van der Waals surface area contributed by atoms with Gasteiger partial charge in [0.15, 0.2) is 5.82 Å². The van der Waals surface area contributed by atoms with E-state index in [-0.39, 0.29) is 16.0 Å². The van der Waals surface area contributed by atoms with Gasteiger partial charge < -0.3 is 21.1 Å². The van der Waals surface area contributed by atoms with Crippen LogP contribution in [0.25, 0.3) is 5.82 Å². The smallest absolute Gasteiger partial charge is 0.319 e. The summed E-state index contributed by atoms with van der Waals surface area (Å²) < 4.78 is 28.2. The highest BCUT2D eigenvalue weighted by molar-refractivity contribution is 6.33. The third-order valence-electron chi connectivity index (χ3n) is 5.01. The molecule has 2 amide bonds. The van der Waals surface area contributed by atoms with E-state index in [4.69, 9.17) is 23.2 Å². The molecule has 0 bridgehead atoms. The number of urea groups is 1. The molecule has 0 radical (unpaired) electrons. The zero-order chi connectivity index (χ0) is 25.8. The van der Waals surface area contributed by atoms with Crippen LogP contribution in [-0.2, 0) is 0 Å². The number of carbonyl (C=O) groups excluding carboxylic acids is 1. The van der Waals surface area contributed by atoms with E-state index in [2.05, 4.69) is 31.0 Å². The molecule has 1 unspecified atom stereocenters. The van der Waals surface area contributed by atoms with E-state index in [1.807, 2.05) is 0 Å². The number of nitrogens with zero attached hydrogens (tertiary/aromatic N) is 4. The summed E-state index contributed by atoms with van der Waals surface area (Å²) in [5.74, 6) is -0.444. The van der Waals surface area contributed by atoms with E-state index >= 15 is 0 Å². The lowest BCUT2D eigenvalue weighted by molar-refractivity contribution is 0.225. The van der Waals surface area contributed by atoms with E-state index in [1.165, 1.54) is 47.4 Å². The summed E-state index contributed by atoms with van der Waals surface area (Å²) in [6, 6.07) is 6.36. The van der Waals surface area contributed by atoms with E-state index in [0.717, 1.165) is 6.07 Å². The fraction of sp³-hybridized carbons (Fsp3) is 0.130. The molecular formula is C23H19Cl2F2N7O2. The molecule has 0 aliphatic heterocycles. The van der Waals surface area contributed by atoms with Crippen LogP contribution < -0.4 is 16.0 Å². The molecule has 4 N–H and O–H groups in total. The van der Waals surface area contributed by atoms with Crippen molar-refractivity contribution in [3.63, 3.8) is 0 Å². The Bertz CT molecular complexity index is 1420. The molecule has 13 heteroatoms. The van der Waals surface area contributed by atoms with Gasteiger partial charge in [0.05, 0.1) is 46.5 Å². The van der Waals surface area contributed by atoms with E-state index in [0.29, 0.717) is 28.3 Å². The lowest BCUT2D eigenvalue weighted by atomic mass is 10.1. The largest absolute Gasteiger partial charge is 0.394 e. The highest BCUT2D eigenvalue weighted by atomic mass is 35.5. The number of hydrogen-bond donors (Lipinski definition) is 4. The fourth-order valence-corrected chi connectivity index (χ4v) is 3.63. The van der Waals surface area contributed by atoms with Gasteiger partial charge in [-0.3, -0.25) is 0 Å². The van der Waals surface area contributed by atoms with Crippen LogP contribution in [0.5, 0.6) is 0 Å². The summed E-state index contributed by atoms with van der Waals surface area (Å²) in [4.78, 5) is 21.1. The second-order valence-corrected chi connectivity index (χ2v) is 8.44. The van der Waals surface area contributed by atoms with Gasteiger partial charge in [-0.25, -0.2) is 23.2 Å². The maximum atomic E-state index is 13.4. The molecule has 1 atom stereocenters. The lowest BCUT2D eigenvalue weighted by Crippen LogP contribution is -2.34. The number of aliphatic hydroxyl groups excluding tert-OH is 1. The molecule has 0 aliphatic rings. The minimum atomic E-state index is -0.811. The zero-order valence-electron chi connectivity index (χ0n) is 18.6. The van der Waals surface area contributed by atoms with E-state index in [9.17, 15) is 18.7 Å². The number of nitrogens with one attached hydrogen (secondary N) is 3. The van der Waals surface area contributed by atoms with Crippen molar-refractivity contribution in [1.82, 2.24) is 25.1 Å². The zero-order valence-corrected chi connectivity index (χ0v) is 20.1. The van der Waals surface area contributed by atoms with E-state index < -0.39 is 30.3 Å². The van der Waals surface area contributed by atoms with Gasteiger partial charge in [-0.1, -0.05) is 29.3 Å². The molecule has 2 aromatic heterocycles. The molecule has 0 saturated heterocycles. The van der Waals surface area contributed by atoms with Crippen molar-refractivity contribution in [3.05, 3.63) is 87.8 Å². The minimum absolute atomic E-state index is 0.120. The maximum absolute atomic E-state index is 13.4. The van der Waals surface area contributed by atoms with Gasteiger partial charge >= 0.3 is 6.03 Å². The van der Waals surface area contributed by atoms with Gasteiger partial charge in [0.25, 0.3) is 0 Å². The topological polar surface area (TPSA) is 117 Å². The first-order valence-electron chi connectivity index (χ1n) is 10.5. The van der Waals surface area contributed by atoms with Gasteiger partial charge in [-0.05, 0) is 42.8 Å². The fourth-order valence-electron chi connectivity index (χ4n) is 3.23.